The topological polar surface area (TPSA) is 64.7 Å². The number of fused-ring (bicyclic) bond motifs is 1. The first-order valence-corrected chi connectivity index (χ1v) is 11.0. The zero-order valence-corrected chi connectivity index (χ0v) is 19.2. The summed E-state index contributed by atoms with van der Waals surface area (Å²) in [5, 5.41) is 5.47. The van der Waals surface area contributed by atoms with E-state index in [1.165, 1.54) is 16.8 Å². The van der Waals surface area contributed by atoms with Crippen molar-refractivity contribution < 1.29 is 9.59 Å². The zero-order chi connectivity index (χ0) is 22.5. The standard InChI is InChI=1S/C25H34N4O2/c1-17(2)18-8-11-21(12-9-18)27-25(31)24(30)26-16-23(28(3)4)20-10-13-22-19(15-20)7-6-14-29(22)5/h8-13,15,17,23H,6-7,14,16H2,1-5H3,(H,26,30)(H,27,31). The number of nitrogens with one attached hydrogen (secondary N) is 2. The molecule has 31 heavy (non-hydrogen) atoms. The molecule has 0 aromatic heterocycles. The van der Waals surface area contributed by atoms with Crippen molar-refractivity contribution >= 4 is 23.2 Å². The van der Waals surface area contributed by atoms with E-state index >= 15 is 0 Å². The Morgan fingerprint density at radius 2 is 1.71 bits per heavy atom. The van der Waals surface area contributed by atoms with Crippen LogP contribution in [0.25, 0.3) is 0 Å². The molecule has 0 saturated heterocycles. The van der Waals surface area contributed by atoms with Crippen LogP contribution in [0.3, 0.4) is 0 Å². The van der Waals surface area contributed by atoms with Gasteiger partial charge < -0.3 is 20.4 Å². The number of rotatable bonds is 6. The van der Waals surface area contributed by atoms with E-state index in [1.807, 2.05) is 38.4 Å². The van der Waals surface area contributed by atoms with Gasteiger partial charge in [-0.2, -0.15) is 0 Å². The van der Waals surface area contributed by atoms with Crippen molar-refractivity contribution in [3.05, 3.63) is 59.2 Å². The van der Waals surface area contributed by atoms with Crippen LogP contribution in [0.5, 0.6) is 0 Å². The van der Waals surface area contributed by atoms with E-state index < -0.39 is 11.8 Å². The monoisotopic (exact) mass is 422 g/mol. The minimum atomic E-state index is -0.651. The molecule has 2 aromatic rings. The third-order valence-electron chi connectivity index (χ3n) is 5.96. The number of amides is 2. The molecule has 6 nitrogen and oxygen atoms in total. The molecule has 1 aliphatic rings. The van der Waals surface area contributed by atoms with E-state index in [4.69, 9.17) is 0 Å². The van der Waals surface area contributed by atoms with E-state index in [2.05, 4.69) is 59.5 Å². The maximum absolute atomic E-state index is 12.4. The number of hydrogen-bond acceptors (Lipinski definition) is 4. The van der Waals surface area contributed by atoms with E-state index in [0.29, 0.717) is 18.2 Å². The second-order valence-corrected chi connectivity index (χ2v) is 8.83. The molecule has 6 heteroatoms. The minimum absolute atomic E-state index is 0.0143. The highest BCUT2D eigenvalue weighted by Gasteiger charge is 2.21. The fourth-order valence-corrected chi connectivity index (χ4v) is 4.02. The number of carbonyl (C=O) groups excluding carboxylic acids is 2. The Hall–Kier alpha value is -2.86. The van der Waals surface area contributed by atoms with Gasteiger partial charge in [0.1, 0.15) is 0 Å². The summed E-state index contributed by atoms with van der Waals surface area (Å²) in [5.74, 6) is -0.862. The molecular formula is C25H34N4O2. The van der Waals surface area contributed by atoms with Gasteiger partial charge in [0, 0.05) is 31.5 Å². The molecule has 0 bridgehead atoms. The molecule has 1 aliphatic heterocycles. The van der Waals surface area contributed by atoms with Crippen molar-refractivity contribution in [1.82, 2.24) is 10.2 Å². The quantitative estimate of drug-likeness (QED) is 0.699. The number of likely N-dealkylation sites (N-methyl/N-ethyl adjacent to an activating group) is 1. The van der Waals surface area contributed by atoms with E-state index in [9.17, 15) is 9.59 Å². The van der Waals surface area contributed by atoms with Crippen molar-refractivity contribution in [2.75, 3.05) is 44.4 Å². The first kappa shape index (κ1) is 22.8. The molecule has 166 valence electrons. The number of benzene rings is 2. The molecule has 0 spiro atoms. The summed E-state index contributed by atoms with van der Waals surface area (Å²) < 4.78 is 0. The molecule has 2 aromatic carbocycles. The SMILES string of the molecule is CC(C)c1ccc(NC(=O)C(=O)NCC(c2ccc3c(c2)CCCN3C)N(C)C)cc1. The van der Waals surface area contributed by atoms with Gasteiger partial charge in [-0.1, -0.05) is 38.1 Å². The second kappa shape index (κ2) is 9.96. The second-order valence-electron chi connectivity index (χ2n) is 8.83. The maximum atomic E-state index is 12.4. The molecule has 0 aliphatic carbocycles. The smallest absolute Gasteiger partial charge is 0.313 e. The minimum Gasteiger partial charge on any atom is -0.374 e. The van der Waals surface area contributed by atoms with Gasteiger partial charge in [0.25, 0.3) is 0 Å². The lowest BCUT2D eigenvalue weighted by Gasteiger charge is -2.30. The van der Waals surface area contributed by atoms with Crippen LogP contribution in [-0.4, -0.2) is 50.9 Å². The number of hydrogen-bond donors (Lipinski definition) is 2. The van der Waals surface area contributed by atoms with Gasteiger partial charge in [0.15, 0.2) is 0 Å². The molecule has 1 heterocycles. The lowest BCUT2D eigenvalue weighted by molar-refractivity contribution is -0.136. The Morgan fingerprint density at radius 3 is 2.35 bits per heavy atom. The van der Waals surface area contributed by atoms with Gasteiger partial charge in [-0.05, 0) is 67.7 Å². The normalized spacial score (nSPS) is 14.4. The molecule has 1 unspecified atom stereocenters. The largest absolute Gasteiger partial charge is 0.374 e. The summed E-state index contributed by atoms with van der Waals surface area (Å²) in [7, 11) is 6.09. The van der Waals surface area contributed by atoms with Crippen LogP contribution in [0.15, 0.2) is 42.5 Å². The Labute approximate surface area is 185 Å². The Morgan fingerprint density at radius 1 is 1.03 bits per heavy atom. The van der Waals surface area contributed by atoms with Crippen molar-refractivity contribution in [1.29, 1.82) is 0 Å². The van der Waals surface area contributed by atoms with Crippen LogP contribution in [0.2, 0.25) is 0 Å². The lowest BCUT2D eigenvalue weighted by atomic mass is 9.96. The summed E-state index contributed by atoms with van der Waals surface area (Å²) in [4.78, 5) is 29.1. The highest BCUT2D eigenvalue weighted by atomic mass is 16.2. The van der Waals surface area contributed by atoms with Crippen molar-refractivity contribution in [2.24, 2.45) is 0 Å². The van der Waals surface area contributed by atoms with E-state index in [1.54, 1.807) is 0 Å². The van der Waals surface area contributed by atoms with Crippen LogP contribution in [0, 0.1) is 0 Å². The highest BCUT2D eigenvalue weighted by molar-refractivity contribution is 6.39. The zero-order valence-electron chi connectivity index (χ0n) is 19.2. The molecule has 0 saturated carbocycles. The summed E-state index contributed by atoms with van der Waals surface area (Å²) >= 11 is 0. The Bertz CT molecular complexity index is 922. The summed E-state index contributed by atoms with van der Waals surface area (Å²) in [6.07, 6.45) is 2.21. The van der Waals surface area contributed by atoms with Crippen molar-refractivity contribution in [2.45, 2.75) is 38.6 Å². The van der Waals surface area contributed by atoms with Crippen molar-refractivity contribution in [3.63, 3.8) is 0 Å². The molecule has 2 amide bonds. The summed E-state index contributed by atoms with van der Waals surface area (Å²) in [6, 6.07) is 14.1. The van der Waals surface area contributed by atoms with Crippen LogP contribution in [0.1, 0.15) is 48.9 Å². The predicted molar refractivity (Wildman–Crippen MR) is 127 cm³/mol. The fraction of sp³-hybridized carbons (Fsp3) is 0.440. The predicted octanol–water partition coefficient (Wildman–Crippen LogP) is 3.55. The van der Waals surface area contributed by atoms with Crippen molar-refractivity contribution in [3.8, 4) is 0 Å². The fourth-order valence-electron chi connectivity index (χ4n) is 4.02. The van der Waals surface area contributed by atoms with Crippen LogP contribution < -0.4 is 15.5 Å². The molecule has 0 radical (unpaired) electrons. The Kier molecular flexibility index (Phi) is 7.33. The maximum Gasteiger partial charge on any atom is 0.313 e. The number of nitrogens with zero attached hydrogens (tertiary/aromatic N) is 2. The Balaban J connectivity index is 1.62. The lowest BCUT2D eigenvalue weighted by Crippen LogP contribution is -2.40. The molecule has 0 fully saturated rings. The van der Waals surface area contributed by atoms with Gasteiger partial charge >= 0.3 is 11.8 Å². The third-order valence-corrected chi connectivity index (χ3v) is 5.96. The van der Waals surface area contributed by atoms with E-state index in [0.717, 1.165) is 24.9 Å². The number of aryl methyl sites for hydroxylation is 1. The van der Waals surface area contributed by atoms with E-state index in [-0.39, 0.29) is 6.04 Å². The average molecular weight is 423 g/mol. The van der Waals surface area contributed by atoms with Crippen LogP contribution >= 0.6 is 0 Å². The first-order chi connectivity index (χ1) is 14.8. The number of anilines is 2. The summed E-state index contributed by atoms with van der Waals surface area (Å²) in [5.41, 5.74) is 5.57. The first-order valence-electron chi connectivity index (χ1n) is 11.0. The average Bonchev–Trinajstić information content (AvgIpc) is 2.74. The number of carbonyl (C=O) groups is 2. The molecular weight excluding hydrogens is 388 g/mol. The summed E-state index contributed by atoms with van der Waals surface area (Å²) in [6.45, 7) is 5.67. The van der Waals surface area contributed by atoms with Gasteiger partial charge in [0.05, 0.1) is 6.04 Å². The molecule has 1 atom stereocenters. The van der Waals surface area contributed by atoms with Gasteiger partial charge in [-0.15, -0.1) is 0 Å². The highest BCUT2D eigenvalue weighted by Crippen LogP contribution is 2.30. The third kappa shape index (κ3) is 5.64. The molecule has 2 N–H and O–H groups in total. The molecule has 3 rings (SSSR count). The van der Waals surface area contributed by atoms with Crippen LogP contribution in [-0.2, 0) is 16.0 Å². The van der Waals surface area contributed by atoms with Gasteiger partial charge in [-0.25, -0.2) is 0 Å². The van der Waals surface area contributed by atoms with Gasteiger partial charge in [-0.3, -0.25) is 9.59 Å². The van der Waals surface area contributed by atoms with Gasteiger partial charge in [0.2, 0.25) is 0 Å². The van der Waals surface area contributed by atoms with Crippen LogP contribution in [0.4, 0.5) is 11.4 Å².